The third-order valence-electron chi connectivity index (χ3n) is 4.98. The molecule has 0 atom stereocenters. The molecule has 2 heterocycles. The molecule has 0 spiro atoms. The molecular formula is C23H23BrN4O2. The van der Waals surface area contributed by atoms with Crippen LogP contribution in [-0.2, 0) is 6.54 Å². The van der Waals surface area contributed by atoms with E-state index in [2.05, 4.69) is 36.1 Å². The molecule has 0 aliphatic carbocycles. The van der Waals surface area contributed by atoms with Crippen molar-refractivity contribution in [2.24, 2.45) is 0 Å². The number of halogens is 1. The number of carbonyl (C=O) groups is 1. The third-order valence-corrected chi connectivity index (χ3v) is 5.47. The Hall–Kier alpha value is -2.93. The summed E-state index contributed by atoms with van der Waals surface area (Å²) in [5, 5.41) is 2.93. The van der Waals surface area contributed by atoms with Gasteiger partial charge in [0.2, 0.25) is 0 Å². The number of hydrogen-bond donors (Lipinski definition) is 1. The maximum Gasteiger partial charge on any atom is 0.263 e. The second-order valence-electron chi connectivity index (χ2n) is 7.17. The van der Waals surface area contributed by atoms with Crippen molar-refractivity contribution in [1.29, 1.82) is 0 Å². The molecule has 1 N–H and O–H groups in total. The van der Waals surface area contributed by atoms with E-state index in [0.29, 0.717) is 23.7 Å². The normalized spacial score (nSPS) is 13.7. The second kappa shape index (κ2) is 9.71. The molecule has 0 radical (unpaired) electrons. The monoisotopic (exact) mass is 466 g/mol. The van der Waals surface area contributed by atoms with Gasteiger partial charge in [-0.15, -0.1) is 0 Å². The van der Waals surface area contributed by atoms with Gasteiger partial charge in [0, 0.05) is 42.1 Å². The summed E-state index contributed by atoms with van der Waals surface area (Å²) in [6, 6.07) is 14.9. The SMILES string of the molecule is O=C(NCc1cccc(Br)c1)c1ccc(Oc2nccnc2N2CCCCC2)cc1. The number of hydrogen-bond acceptors (Lipinski definition) is 5. The zero-order chi connectivity index (χ0) is 20.8. The maximum absolute atomic E-state index is 12.4. The van der Waals surface area contributed by atoms with Crippen LogP contribution in [0.2, 0.25) is 0 Å². The standard InChI is InChI=1S/C23H23BrN4O2/c24-19-6-4-5-17(15-19)16-27-22(29)18-7-9-20(10-8-18)30-23-21(25-11-12-26-23)28-13-2-1-3-14-28/h4-12,15H,1-3,13-14,16H2,(H,27,29). The quantitative estimate of drug-likeness (QED) is 0.556. The molecule has 1 amide bonds. The predicted molar refractivity (Wildman–Crippen MR) is 120 cm³/mol. The Morgan fingerprint density at radius 1 is 1.03 bits per heavy atom. The van der Waals surface area contributed by atoms with Crippen LogP contribution in [0.25, 0.3) is 0 Å². The van der Waals surface area contributed by atoms with Crippen LogP contribution in [0.5, 0.6) is 11.6 Å². The van der Waals surface area contributed by atoms with Crippen LogP contribution in [0.1, 0.15) is 35.2 Å². The number of carbonyl (C=O) groups excluding carboxylic acids is 1. The Morgan fingerprint density at radius 3 is 2.57 bits per heavy atom. The summed E-state index contributed by atoms with van der Waals surface area (Å²) in [5.41, 5.74) is 1.61. The van der Waals surface area contributed by atoms with Gasteiger partial charge in [0.1, 0.15) is 5.75 Å². The first-order valence-corrected chi connectivity index (χ1v) is 10.8. The summed E-state index contributed by atoms with van der Waals surface area (Å²) >= 11 is 3.44. The van der Waals surface area contributed by atoms with Crippen molar-refractivity contribution in [3.8, 4) is 11.6 Å². The van der Waals surface area contributed by atoms with E-state index < -0.39 is 0 Å². The summed E-state index contributed by atoms with van der Waals surface area (Å²) in [6.45, 7) is 2.40. The van der Waals surface area contributed by atoms with Gasteiger partial charge in [-0.2, -0.15) is 0 Å². The average Bonchev–Trinajstić information content (AvgIpc) is 2.79. The van der Waals surface area contributed by atoms with E-state index in [9.17, 15) is 4.79 Å². The van der Waals surface area contributed by atoms with Gasteiger partial charge in [-0.3, -0.25) is 4.79 Å². The molecule has 0 saturated carbocycles. The average molecular weight is 467 g/mol. The largest absolute Gasteiger partial charge is 0.436 e. The van der Waals surface area contributed by atoms with Gasteiger partial charge in [-0.05, 0) is 61.2 Å². The van der Waals surface area contributed by atoms with Crippen LogP contribution in [0.15, 0.2) is 65.4 Å². The first kappa shape index (κ1) is 20.3. The molecular weight excluding hydrogens is 444 g/mol. The summed E-state index contributed by atoms with van der Waals surface area (Å²) in [6.07, 6.45) is 6.87. The van der Waals surface area contributed by atoms with E-state index in [0.717, 1.165) is 41.8 Å². The van der Waals surface area contributed by atoms with Crippen LogP contribution < -0.4 is 15.0 Å². The van der Waals surface area contributed by atoms with E-state index >= 15 is 0 Å². The van der Waals surface area contributed by atoms with Crippen LogP contribution in [0.4, 0.5) is 5.82 Å². The van der Waals surface area contributed by atoms with E-state index in [4.69, 9.17) is 4.74 Å². The molecule has 2 aromatic carbocycles. The van der Waals surface area contributed by atoms with Crippen molar-refractivity contribution in [2.75, 3.05) is 18.0 Å². The highest BCUT2D eigenvalue weighted by Crippen LogP contribution is 2.29. The summed E-state index contributed by atoms with van der Waals surface area (Å²) in [4.78, 5) is 23.5. The minimum atomic E-state index is -0.130. The van der Waals surface area contributed by atoms with Crippen molar-refractivity contribution >= 4 is 27.7 Å². The predicted octanol–water partition coefficient (Wildman–Crippen LogP) is 4.95. The number of rotatable bonds is 6. The molecule has 1 aliphatic rings. The number of benzene rings is 2. The molecule has 0 bridgehead atoms. The lowest BCUT2D eigenvalue weighted by atomic mass is 10.1. The fourth-order valence-corrected chi connectivity index (χ4v) is 3.88. The van der Waals surface area contributed by atoms with Crippen LogP contribution in [-0.4, -0.2) is 29.0 Å². The number of aromatic nitrogens is 2. The molecule has 1 saturated heterocycles. The Kier molecular flexibility index (Phi) is 6.59. The van der Waals surface area contributed by atoms with Gasteiger partial charge >= 0.3 is 0 Å². The molecule has 1 fully saturated rings. The Balaban J connectivity index is 1.40. The second-order valence-corrected chi connectivity index (χ2v) is 8.09. The number of anilines is 1. The van der Waals surface area contributed by atoms with E-state index in [1.165, 1.54) is 6.42 Å². The summed E-state index contributed by atoms with van der Waals surface area (Å²) in [7, 11) is 0. The van der Waals surface area contributed by atoms with E-state index in [1.54, 1.807) is 36.7 Å². The lowest BCUT2D eigenvalue weighted by molar-refractivity contribution is 0.0951. The fourth-order valence-electron chi connectivity index (χ4n) is 3.43. The number of nitrogens with one attached hydrogen (secondary N) is 1. The van der Waals surface area contributed by atoms with Crippen molar-refractivity contribution < 1.29 is 9.53 Å². The lowest BCUT2D eigenvalue weighted by Gasteiger charge is -2.28. The maximum atomic E-state index is 12.4. The molecule has 3 aromatic rings. The smallest absolute Gasteiger partial charge is 0.263 e. The zero-order valence-corrected chi connectivity index (χ0v) is 18.1. The van der Waals surface area contributed by atoms with Gasteiger partial charge in [0.25, 0.3) is 11.8 Å². The van der Waals surface area contributed by atoms with E-state index in [-0.39, 0.29) is 5.91 Å². The highest BCUT2D eigenvalue weighted by molar-refractivity contribution is 9.10. The van der Waals surface area contributed by atoms with Crippen LogP contribution in [0.3, 0.4) is 0 Å². The van der Waals surface area contributed by atoms with Crippen LogP contribution >= 0.6 is 15.9 Å². The zero-order valence-electron chi connectivity index (χ0n) is 16.6. The Morgan fingerprint density at radius 2 is 1.80 bits per heavy atom. The fraction of sp³-hybridized carbons (Fsp3) is 0.261. The van der Waals surface area contributed by atoms with Gasteiger partial charge in [-0.1, -0.05) is 28.1 Å². The highest BCUT2D eigenvalue weighted by atomic mass is 79.9. The van der Waals surface area contributed by atoms with Gasteiger partial charge in [0.05, 0.1) is 0 Å². The van der Waals surface area contributed by atoms with Crippen LogP contribution in [0, 0.1) is 0 Å². The number of amides is 1. The van der Waals surface area contributed by atoms with Crippen molar-refractivity contribution in [2.45, 2.75) is 25.8 Å². The molecule has 30 heavy (non-hydrogen) atoms. The minimum absolute atomic E-state index is 0.130. The molecule has 0 unspecified atom stereocenters. The molecule has 6 nitrogen and oxygen atoms in total. The molecule has 1 aromatic heterocycles. The molecule has 7 heteroatoms. The third kappa shape index (κ3) is 5.16. The van der Waals surface area contributed by atoms with Gasteiger partial charge in [0.15, 0.2) is 5.82 Å². The van der Waals surface area contributed by atoms with Crippen molar-refractivity contribution in [1.82, 2.24) is 15.3 Å². The van der Waals surface area contributed by atoms with Gasteiger partial charge in [-0.25, -0.2) is 9.97 Å². The van der Waals surface area contributed by atoms with Crippen molar-refractivity contribution in [3.05, 3.63) is 76.5 Å². The lowest BCUT2D eigenvalue weighted by Crippen LogP contribution is -2.30. The van der Waals surface area contributed by atoms with Crippen molar-refractivity contribution in [3.63, 3.8) is 0 Å². The Labute approximate surface area is 184 Å². The molecule has 4 rings (SSSR count). The van der Waals surface area contributed by atoms with E-state index in [1.807, 2.05) is 24.3 Å². The topological polar surface area (TPSA) is 67.3 Å². The molecule has 1 aliphatic heterocycles. The Bertz CT molecular complexity index is 1000. The summed E-state index contributed by atoms with van der Waals surface area (Å²) < 4.78 is 6.98. The van der Waals surface area contributed by atoms with Gasteiger partial charge < -0.3 is 15.0 Å². The first-order valence-electron chi connectivity index (χ1n) is 10.1. The molecule has 154 valence electrons. The highest BCUT2D eigenvalue weighted by Gasteiger charge is 2.18. The number of nitrogens with zero attached hydrogens (tertiary/aromatic N) is 3. The minimum Gasteiger partial charge on any atom is -0.436 e. The number of ether oxygens (including phenoxy) is 1. The summed E-state index contributed by atoms with van der Waals surface area (Å²) in [5.74, 6) is 1.76. The first-order chi connectivity index (χ1) is 14.7. The number of piperidine rings is 1.